The van der Waals surface area contributed by atoms with Crippen LogP contribution >= 0.6 is 11.8 Å². The van der Waals surface area contributed by atoms with E-state index in [2.05, 4.69) is 6.07 Å². The Morgan fingerprint density at radius 1 is 1.16 bits per heavy atom. The van der Waals surface area contributed by atoms with E-state index in [1.807, 2.05) is 43.5 Å². The van der Waals surface area contributed by atoms with Gasteiger partial charge in [-0.3, -0.25) is 4.79 Å². The number of ketones is 1. The molecular weight excluding hydrogens is 256 g/mol. The molecule has 0 N–H and O–H groups in total. The van der Waals surface area contributed by atoms with Crippen molar-refractivity contribution in [3.05, 3.63) is 59.7 Å². The van der Waals surface area contributed by atoms with Crippen molar-refractivity contribution in [3.8, 4) is 5.75 Å². The summed E-state index contributed by atoms with van der Waals surface area (Å²) in [4.78, 5) is 13.0. The van der Waals surface area contributed by atoms with Crippen molar-refractivity contribution >= 4 is 17.5 Å². The van der Waals surface area contributed by atoms with Crippen LogP contribution in [0.4, 0.5) is 0 Å². The van der Waals surface area contributed by atoms with Crippen LogP contribution in [-0.4, -0.2) is 18.6 Å². The standard InChI is InChI=1S/C16H16O2S/c1-12-8-9-15(16(10-12)19-2)18-11-14(17)13-6-4-3-5-7-13/h3-10H,11H2,1-2H3. The Balaban J connectivity index is 2.05. The fraction of sp³-hybridized carbons (Fsp3) is 0.188. The van der Waals surface area contributed by atoms with E-state index >= 15 is 0 Å². The summed E-state index contributed by atoms with van der Waals surface area (Å²) in [5, 5.41) is 0. The second-order valence-electron chi connectivity index (χ2n) is 4.23. The third-order valence-corrected chi connectivity index (χ3v) is 3.53. The molecule has 2 rings (SSSR count). The highest BCUT2D eigenvalue weighted by molar-refractivity contribution is 7.98. The summed E-state index contributed by atoms with van der Waals surface area (Å²) in [6, 6.07) is 15.2. The van der Waals surface area contributed by atoms with Crippen molar-refractivity contribution in [1.82, 2.24) is 0 Å². The number of hydrogen-bond donors (Lipinski definition) is 0. The van der Waals surface area contributed by atoms with E-state index in [0.29, 0.717) is 5.56 Å². The Kier molecular flexibility index (Phi) is 4.63. The highest BCUT2D eigenvalue weighted by Gasteiger charge is 2.08. The van der Waals surface area contributed by atoms with Crippen molar-refractivity contribution < 1.29 is 9.53 Å². The van der Waals surface area contributed by atoms with Gasteiger partial charge >= 0.3 is 0 Å². The third-order valence-electron chi connectivity index (χ3n) is 2.77. The van der Waals surface area contributed by atoms with Gasteiger partial charge in [0.1, 0.15) is 5.75 Å². The molecular formula is C16H16O2S. The maximum Gasteiger partial charge on any atom is 0.200 e. The number of thioether (sulfide) groups is 1. The van der Waals surface area contributed by atoms with Gasteiger partial charge in [-0.05, 0) is 30.9 Å². The van der Waals surface area contributed by atoms with E-state index in [0.717, 1.165) is 10.6 Å². The summed E-state index contributed by atoms with van der Waals surface area (Å²) in [7, 11) is 0. The van der Waals surface area contributed by atoms with Gasteiger partial charge < -0.3 is 4.74 Å². The molecule has 0 unspecified atom stereocenters. The van der Waals surface area contributed by atoms with E-state index in [1.165, 1.54) is 5.56 Å². The van der Waals surface area contributed by atoms with Gasteiger partial charge in [0.2, 0.25) is 0 Å². The van der Waals surface area contributed by atoms with Gasteiger partial charge in [0.25, 0.3) is 0 Å². The summed E-state index contributed by atoms with van der Waals surface area (Å²) in [6.07, 6.45) is 2.00. The zero-order valence-corrected chi connectivity index (χ0v) is 11.9. The first-order valence-corrected chi connectivity index (χ1v) is 7.29. The van der Waals surface area contributed by atoms with Crippen molar-refractivity contribution in [2.24, 2.45) is 0 Å². The van der Waals surface area contributed by atoms with Crippen molar-refractivity contribution in [2.75, 3.05) is 12.9 Å². The molecule has 0 saturated heterocycles. The fourth-order valence-corrected chi connectivity index (χ4v) is 2.38. The lowest BCUT2D eigenvalue weighted by Gasteiger charge is -2.10. The number of rotatable bonds is 5. The predicted octanol–water partition coefficient (Wildman–Crippen LogP) is 3.98. The number of hydrogen-bond acceptors (Lipinski definition) is 3. The molecule has 3 heteroatoms. The zero-order valence-electron chi connectivity index (χ0n) is 11.1. The average Bonchev–Trinajstić information content (AvgIpc) is 2.46. The minimum atomic E-state index is -0.00627. The molecule has 0 amide bonds. The van der Waals surface area contributed by atoms with Gasteiger partial charge in [0.15, 0.2) is 12.4 Å². The van der Waals surface area contributed by atoms with Crippen LogP contribution in [0.15, 0.2) is 53.4 Å². The minimum Gasteiger partial charge on any atom is -0.484 e. The van der Waals surface area contributed by atoms with Gasteiger partial charge in [-0.15, -0.1) is 11.8 Å². The largest absolute Gasteiger partial charge is 0.484 e. The number of aryl methyl sites for hydroxylation is 1. The van der Waals surface area contributed by atoms with Crippen LogP contribution < -0.4 is 4.74 Å². The molecule has 0 atom stereocenters. The topological polar surface area (TPSA) is 26.3 Å². The Hall–Kier alpha value is -1.74. The Labute approximate surface area is 117 Å². The van der Waals surface area contributed by atoms with E-state index in [4.69, 9.17) is 4.74 Å². The van der Waals surface area contributed by atoms with E-state index < -0.39 is 0 Å². The first-order valence-electron chi connectivity index (χ1n) is 6.06. The number of ether oxygens (including phenoxy) is 1. The molecule has 0 saturated carbocycles. The number of benzene rings is 2. The van der Waals surface area contributed by atoms with Crippen molar-refractivity contribution in [3.63, 3.8) is 0 Å². The quantitative estimate of drug-likeness (QED) is 0.608. The highest BCUT2D eigenvalue weighted by atomic mass is 32.2. The number of carbonyl (C=O) groups excluding carboxylic acids is 1. The van der Waals surface area contributed by atoms with E-state index in [-0.39, 0.29) is 12.4 Å². The summed E-state index contributed by atoms with van der Waals surface area (Å²) < 4.78 is 5.63. The van der Waals surface area contributed by atoms with Gasteiger partial charge in [-0.1, -0.05) is 36.4 Å². The third kappa shape index (κ3) is 3.61. The van der Waals surface area contributed by atoms with Crippen LogP contribution in [-0.2, 0) is 0 Å². The van der Waals surface area contributed by atoms with Crippen LogP contribution in [0.25, 0.3) is 0 Å². The molecule has 0 bridgehead atoms. The Morgan fingerprint density at radius 2 is 1.89 bits per heavy atom. The van der Waals surface area contributed by atoms with Crippen molar-refractivity contribution in [2.45, 2.75) is 11.8 Å². The molecule has 2 aromatic rings. The van der Waals surface area contributed by atoms with E-state index in [1.54, 1.807) is 23.9 Å². The first kappa shape index (κ1) is 13.7. The minimum absolute atomic E-state index is 0.00627. The monoisotopic (exact) mass is 272 g/mol. The molecule has 0 fully saturated rings. The Bertz CT molecular complexity index is 564. The lowest BCUT2D eigenvalue weighted by molar-refractivity contribution is 0.0919. The average molecular weight is 272 g/mol. The first-order chi connectivity index (χ1) is 9.20. The van der Waals surface area contributed by atoms with Crippen LogP contribution in [0.3, 0.4) is 0 Å². The summed E-state index contributed by atoms with van der Waals surface area (Å²) in [5.74, 6) is 0.760. The van der Waals surface area contributed by atoms with Crippen LogP contribution in [0.2, 0.25) is 0 Å². The normalized spacial score (nSPS) is 10.2. The molecule has 2 nitrogen and oxygen atoms in total. The molecule has 0 aliphatic carbocycles. The van der Waals surface area contributed by atoms with Gasteiger partial charge in [-0.2, -0.15) is 0 Å². The van der Waals surface area contributed by atoms with Crippen LogP contribution in [0.1, 0.15) is 15.9 Å². The molecule has 0 spiro atoms. The molecule has 0 aliphatic rings. The molecule has 0 radical (unpaired) electrons. The second-order valence-corrected chi connectivity index (χ2v) is 5.08. The Morgan fingerprint density at radius 3 is 2.58 bits per heavy atom. The van der Waals surface area contributed by atoms with Crippen LogP contribution in [0, 0.1) is 6.92 Å². The maximum atomic E-state index is 12.0. The molecule has 0 aliphatic heterocycles. The number of Topliss-reactive ketones (excluding diaryl/α,β-unsaturated/α-hetero) is 1. The fourth-order valence-electron chi connectivity index (χ4n) is 1.74. The van der Waals surface area contributed by atoms with Gasteiger partial charge in [0.05, 0.1) is 0 Å². The zero-order chi connectivity index (χ0) is 13.7. The predicted molar refractivity (Wildman–Crippen MR) is 79.2 cm³/mol. The van der Waals surface area contributed by atoms with Gasteiger partial charge in [-0.25, -0.2) is 0 Å². The lowest BCUT2D eigenvalue weighted by Crippen LogP contribution is -2.11. The smallest absolute Gasteiger partial charge is 0.200 e. The highest BCUT2D eigenvalue weighted by Crippen LogP contribution is 2.28. The number of carbonyl (C=O) groups is 1. The lowest BCUT2D eigenvalue weighted by atomic mass is 10.1. The summed E-state index contributed by atoms with van der Waals surface area (Å²) in [5.41, 5.74) is 1.87. The van der Waals surface area contributed by atoms with E-state index in [9.17, 15) is 4.79 Å². The summed E-state index contributed by atoms with van der Waals surface area (Å²) >= 11 is 1.62. The van der Waals surface area contributed by atoms with Gasteiger partial charge in [0, 0.05) is 10.5 Å². The molecule has 98 valence electrons. The van der Waals surface area contributed by atoms with Crippen molar-refractivity contribution in [1.29, 1.82) is 0 Å². The SMILES string of the molecule is CSc1cc(C)ccc1OCC(=O)c1ccccc1. The molecule has 0 heterocycles. The summed E-state index contributed by atoms with van der Waals surface area (Å²) in [6.45, 7) is 2.11. The van der Waals surface area contributed by atoms with Crippen LogP contribution in [0.5, 0.6) is 5.75 Å². The second kappa shape index (κ2) is 6.43. The maximum absolute atomic E-state index is 12.0. The molecule has 0 aromatic heterocycles. The molecule has 19 heavy (non-hydrogen) atoms. The molecule has 2 aromatic carbocycles.